The van der Waals surface area contributed by atoms with Crippen molar-refractivity contribution in [1.82, 2.24) is 0 Å². The molecular formula is C15H13F2NO3. The van der Waals surface area contributed by atoms with E-state index < -0.39 is 17.5 Å². The highest BCUT2D eigenvalue weighted by atomic mass is 19.2. The first-order valence-corrected chi connectivity index (χ1v) is 6.11. The fraction of sp³-hybridized carbons (Fsp3) is 0.133. The molecule has 0 aliphatic carbocycles. The van der Waals surface area contributed by atoms with Crippen LogP contribution < -0.4 is 14.8 Å². The first-order chi connectivity index (χ1) is 10.1. The molecule has 0 unspecified atom stereocenters. The molecule has 2 aromatic carbocycles. The van der Waals surface area contributed by atoms with E-state index in [2.05, 4.69) is 5.32 Å². The number of methoxy groups -OCH3 is 1. The van der Waals surface area contributed by atoms with Crippen LogP contribution in [0.3, 0.4) is 0 Å². The minimum absolute atomic E-state index is 0.0732. The summed E-state index contributed by atoms with van der Waals surface area (Å²) in [5.74, 6) is -1.86. The molecular weight excluding hydrogens is 280 g/mol. The van der Waals surface area contributed by atoms with Crippen molar-refractivity contribution in [3.05, 3.63) is 54.1 Å². The molecule has 110 valence electrons. The van der Waals surface area contributed by atoms with Gasteiger partial charge in [-0.05, 0) is 24.3 Å². The molecule has 0 spiro atoms. The van der Waals surface area contributed by atoms with Gasteiger partial charge in [0.05, 0.1) is 12.8 Å². The third kappa shape index (κ3) is 3.92. The zero-order chi connectivity index (χ0) is 15.2. The van der Waals surface area contributed by atoms with Gasteiger partial charge >= 0.3 is 0 Å². The van der Waals surface area contributed by atoms with Crippen LogP contribution >= 0.6 is 0 Å². The Morgan fingerprint density at radius 3 is 2.62 bits per heavy atom. The van der Waals surface area contributed by atoms with Crippen molar-refractivity contribution in [2.45, 2.75) is 0 Å². The highest BCUT2D eigenvalue weighted by Crippen LogP contribution is 2.23. The molecule has 1 amide bonds. The van der Waals surface area contributed by atoms with Crippen LogP contribution in [0.1, 0.15) is 0 Å². The lowest BCUT2D eigenvalue weighted by atomic mass is 10.3. The number of halogens is 2. The van der Waals surface area contributed by atoms with Gasteiger partial charge in [0.15, 0.2) is 18.2 Å². The van der Waals surface area contributed by atoms with Gasteiger partial charge in [-0.15, -0.1) is 0 Å². The predicted molar refractivity (Wildman–Crippen MR) is 73.5 cm³/mol. The molecule has 0 saturated heterocycles. The Morgan fingerprint density at radius 1 is 1.14 bits per heavy atom. The van der Waals surface area contributed by atoms with E-state index in [1.54, 1.807) is 24.3 Å². The van der Waals surface area contributed by atoms with Gasteiger partial charge in [-0.25, -0.2) is 8.78 Å². The summed E-state index contributed by atoms with van der Waals surface area (Å²) in [7, 11) is 1.49. The third-order valence-corrected chi connectivity index (χ3v) is 2.64. The monoisotopic (exact) mass is 293 g/mol. The lowest BCUT2D eigenvalue weighted by molar-refractivity contribution is -0.118. The summed E-state index contributed by atoms with van der Waals surface area (Å²) in [5.41, 5.74) is 0.499. The zero-order valence-corrected chi connectivity index (χ0v) is 11.2. The summed E-state index contributed by atoms with van der Waals surface area (Å²) in [6.07, 6.45) is 0. The summed E-state index contributed by atoms with van der Waals surface area (Å²) < 4.78 is 35.9. The number of benzene rings is 2. The topological polar surface area (TPSA) is 47.6 Å². The average molecular weight is 293 g/mol. The van der Waals surface area contributed by atoms with E-state index >= 15 is 0 Å². The fourth-order valence-electron chi connectivity index (χ4n) is 1.65. The Hall–Kier alpha value is -2.63. The molecule has 6 heteroatoms. The molecule has 0 atom stereocenters. The second-order valence-electron chi connectivity index (χ2n) is 4.11. The van der Waals surface area contributed by atoms with Crippen LogP contribution in [0.25, 0.3) is 0 Å². The van der Waals surface area contributed by atoms with Crippen LogP contribution in [-0.2, 0) is 4.79 Å². The van der Waals surface area contributed by atoms with Crippen LogP contribution in [0.4, 0.5) is 14.5 Å². The van der Waals surface area contributed by atoms with Crippen molar-refractivity contribution in [1.29, 1.82) is 0 Å². The number of ether oxygens (including phenoxy) is 2. The van der Waals surface area contributed by atoms with Crippen LogP contribution in [-0.4, -0.2) is 19.6 Å². The third-order valence-electron chi connectivity index (χ3n) is 2.64. The number of hydrogen-bond donors (Lipinski definition) is 1. The average Bonchev–Trinajstić information content (AvgIpc) is 2.49. The summed E-state index contributed by atoms with van der Waals surface area (Å²) in [5, 5.41) is 2.60. The van der Waals surface area contributed by atoms with E-state index in [0.29, 0.717) is 11.4 Å². The van der Waals surface area contributed by atoms with Crippen molar-refractivity contribution in [2.24, 2.45) is 0 Å². The molecule has 2 rings (SSSR count). The van der Waals surface area contributed by atoms with E-state index in [4.69, 9.17) is 9.47 Å². The molecule has 1 N–H and O–H groups in total. The molecule has 0 aliphatic rings. The van der Waals surface area contributed by atoms with Crippen LogP contribution in [0.2, 0.25) is 0 Å². The van der Waals surface area contributed by atoms with Gasteiger partial charge in [-0.1, -0.05) is 12.1 Å². The normalized spacial score (nSPS) is 10.0. The quantitative estimate of drug-likeness (QED) is 0.922. The zero-order valence-electron chi connectivity index (χ0n) is 11.2. The van der Waals surface area contributed by atoms with Crippen LogP contribution in [0.5, 0.6) is 11.5 Å². The first-order valence-electron chi connectivity index (χ1n) is 6.11. The fourth-order valence-corrected chi connectivity index (χ4v) is 1.65. The minimum Gasteiger partial charge on any atom is -0.495 e. The lowest BCUT2D eigenvalue weighted by Gasteiger charge is -2.10. The molecule has 0 saturated carbocycles. The van der Waals surface area contributed by atoms with Gasteiger partial charge in [0.25, 0.3) is 5.91 Å². The molecule has 0 aliphatic heterocycles. The summed E-state index contributed by atoms with van der Waals surface area (Å²) in [6, 6.07) is 9.95. The van der Waals surface area contributed by atoms with Gasteiger partial charge in [0.1, 0.15) is 11.5 Å². The largest absolute Gasteiger partial charge is 0.495 e. The summed E-state index contributed by atoms with van der Waals surface area (Å²) >= 11 is 0. The molecule has 21 heavy (non-hydrogen) atoms. The highest BCUT2D eigenvalue weighted by Gasteiger charge is 2.09. The van der Waals surface area contributed by atoms with E-state index in [1.165, 1.54) is 13.2 Å². The van der Waals surface area contributed by atoms with Crippen LogP contribution in [0.15, 0.2) is 42.5 Å². The van der Waals surface area contributed by atoms with Crippen molar-refractivity contribution >= 4 is 11.6 Å². The Morgan fingerprint density at radius 2 is 1.90 bits per heavy atom. The molecule has 2 aromatic rings. The number of anilines is 1. The number of carbonyl (C=O) groups excluding carboxylic acids is 1. The second-order valence-corrected chi connectivity index (χ2v) is 4.11. The van der Waals surface area contributed by atoms with E-state index in [1.807, 2.05) is 0 Å². The number of carbonyl (C=O) groups is 1. The summed E-state index contributed by atoms with van der Waals surface area (Å²) in [6.45, 7) is -0.330. The predicted octanol–water partition coefficient (Wildman–Crippen LogP) is 2.99. The molecule has 4 nitrogen and oxygen atoms in total. The van der Waals surface area contributed by atoms with Gasteiger partial charge in [-0.2, -0.15) is 0 Å². The molecule has 0 bridgehead atoms. The Balaban J connectivity index is 1.94. The summed E-state index contributed by atoms with van der Waals surface area (Å²) in [4.78, 5) is 11.7. The maximum atomic E-state index is 13.0. The lowest BCUT2D eigenvalue weighted by Crippen LogP contribution is -2.20. The van der Waals surface area contributed by atoms with Crippen molar-refractivity contribution in [3.8, 4) is 11.5 Å². The van der Waals surface area contributed by atoms with Crippen LogP contribution in [0, 0.1) is 11.6 Å². The molecule has 0 heterocycles. The molecule has 0 radical (unpaired) electrons. The number of hydrogen-bond acceptors (Lipinski definition) is 3. The van der Waals surface area contributed by atoms with E-state index in [9.17, 15) is 13.6 Å². The van der Waals surface area contributed by atoms with Gasteiger partial charge in [0.2, 0.25) is 0 Å². The minimum atomic E-state index is -1.03. The van der Waals surface area contributed by atoms with Crippen molar-refractivity contribution < 1.29 is 23.0 Å². The van der Waals surface area contributed by atoms with E-state index in [-0.39, 0.29) is 12.4 Å². The number of nitrogens with one attached hydrogen (secondary N) is 1. The SMILES string of the molecule is COc1ccccc1NC(=O)COc1ccc(F)c(F)c1. The Bertz CT molecular complexity index is 647. The second kappa shape index (κ2) is 6.69. The number of rotatable bonds is 5. The van der Waals surface area contributed by atoms with E-state index in [0.717, 1.165) is 12.1 Å². The Kier molecular flexibility index (Phi) is 4.71. The van der Waals surface area contributed by atoms with Crippen molar-refractivity contribution in [3.63, 3.8) is 0 Å². The molecule has 0 fully saturated rings. The molecule has 0 aromatic heterocycles. The highest BCUT2D eigenvalue weighted by molar-refractivity contribution is 5.93. The smallest absolute Gasteiger partial charge is 0.262 e. The standard InChI is InChI=1S/C15H13F2NO3/c1-20-14-5-3-2-4-13(14)18-15(19)9-21-10-6-7-11(16)12(17)8-10/h2-8H,9H2,1H3,(H,18,19). The number of para-hydroxylation sites is 2. The van der Waals surface area contributed by atoms with Gasteiger partial charge in [0, 0.05) is 6.07 Å². The van der Waals surface area contributed by atoms with Gasteiger partial charge in [-0.3, -0.25) is 4.79 Å². The first kappa shape index (κ1) is 14.8. The maximum absolute atomic E-state index is 13.0. The van der Waals surface area contributed by atoms with Gasteiger partial charge < -0.3 is 14.8 Å². The number of amides is 1. The Labute approximate surface area is 120 Å². The van der Waals surface area contributed by atoms with Crippen molar-refractivity contribution in [2.75, 3.05) is 19.0 Å². The maximum Gasteiger partial charge on any atom is 0.262 e.